The van der Waals surface area contributed by atoms with Crippen LogP contribution in [0.15, 0.2) is 12.1 Å². The van der Waals surface area contributed by atoms with Gasteiger partial charge in [-0.2, -0.15) is 0 Å². The summed E-state index contributed by atoms with van der Waals surface area (Å²) < 4.78 is 5.86. The molecule has 1 aromatic heterocycles. The topological polar surface area (TPSA) is 58.6 Å². The van der Waals surface area contributed by atoms with Crippen LogP contribution < -0.4 is 10.1 Å². The first-order chi connectivity index (χ1) is 14.6. The molecule has 0 spiro atoms. The van der Waals surface area contributed by atoms with Gasteiger partial charge in [-0.1, -0.05) is 26.0 Å². The maximum absolute atomic E-state index is 13.1. The summed E-state index contributed by atoms with van der Waals surface area (Å²) >= 11 is 1.70. The number of nitrogens with one attached hydrogen (secondary N) is 1. The Hall–Kier alpha value is -1.69. The van der Waals surface area contributed by atoms with Gasteiger partial charge in [0.05, 0.1) is 4.88 Å². The van der Waals surface area contributed by atoms with Crippen LogP contribution in [0.5, 0.6) is 5.75 Å². The fourth-order valence-corrected chi connectivity index (χ4v) is 5.82. The number of ether oxygens (including phenoxy) is 1. The van der Waals surface area contributed by atoms with Crippen molar-refractivity contribution in [2.24, 2.45) is 5.41 Å². The highest BCUT2D eigenvalue weighted by atomic mass is 32.1. The van der Waals surface area contributed by atoms with Crippen molar-refractivity contribution in [1.29, 1.82) is 0 Å². The van der Waals surface area contributed by atoms with Gasteiger partial charge in [0, 0.05) is 17.8 Å². The molecule has 3 rings (SSSR count). The van der Waals surface area contributed by atoms with Crippen LogP contribution in [0, 0.1) is 26.2 Å². The molecule has 0 bridgehead atoms. The number of aliphatic hydroxyl groups is 1. The standard InChI is InChI=1S/C26H37NO3S/c1-16-11-19(12-17(2)24(16)30-15-20(28)14-27-6)7-8-23(29)25-21-9-10-26(4,5)13-22(21)18(3)31-25/h11-12,20,27-28H,7-10,13-15H2,1-6H3. The van der Waals surface area contributed by atoms with E-state index in [1.54, 1.807) is 11.3 Å². The number of ketones is 1. The number of carbonyl (C=O) groups is 1. The van der Waals surface area contributed by atoms with Crippen LogP contribution in [0.3, 0.4) is 0 Å². The molecule has 4 nitrogen and oxygen atoms in total. The van der Waals surface area contributed by atoms with Crippen molar-refractivity contribution < 1.29 is 14.6 Å². The highest BCUT2D eigenvalue weighted by Gasteiger charge is 2.31. The first-order valence-electron chi connectivity index (χ1n) is 11.3. The molecule has 0 aliphatic heterocycles. The molecule has 0 saturated heterocycles. The Morgan fingerprint density at radius 1 is 1.23 bits per heavy atom. The van der Waals surface area contributed by atoms with Gasteiger partial charge in [0.15, 0.2) is 5.78 Å². The Morgan fingerprint density at radius 3 is 2.55 bits per heavy atom. The molecular formula is C26H37NO3S. The first kappa shape index (κ1) is 24.0. The van der Waals surface area contributed by atoms with Crippen molar-refractivity contribution in [1.82, 2.24) is 5.32 Å². The number of thiophene rings is 1. The molecule has 0 saturated carbocycles. The number of likely N-dealkylation sites (N-methyl/N-ethyl adjacent to an activating group) is 1. The molecule has 5 heteroatoms. The molecule has 1 aliphatic carbocycles. The van der Waals surface area contributed by atoms with E-state index in [0.29, 0.717) is 18.4 Å². The summed E-state index contributed by atoms with van der Waals surface area (Å²) in [5.74, 6) is 1.11. The summed E-state index contributed by atoms with van der Waals surface area (Å²) in [7, 11) is 1.81. The third-order valence-corrected chi connectivity index (χ3v) is 7.53. The number of carbonyl (C=O) groups excluding carboxylic acids is 1. The highest BCUT2D eigenvalue weighted by Crippen LogP contribution is 2.41. The fraction of sp³-hybridized carbons (Fsp3) is 0.577. The lowest BCUT2D eigenvalue weighted by atomic mass is 9.74. The monoisotopic (exact) mass is 443 g/mol. The Bertz CT molecular complexity index is 921. The zero-order valence-corrected chi connectivity index (χ0v) is 20.7. The Morgan fingerprint density at radius 2 is 1.90 bits per heavy atom. The van der Waals surface area contributed by atoms with Gasteiger partial charge in [-0.05, 0) is 86.7 Å². The highest BCUT2D eigenvalue weighted by molar-refractivity contribution is 7.14. The lowest BCUT2D eigenvalue weighted by Gasteiger charge is -2.30. The lowest BCUT2D eigenvalue weighted by molar-refractivity contribution is 0.0985. The fourth-order valence-electron chi connectivity index (χ4n) is 4.63. The van der Waals surface area contributed by atoms with Gasteiger partial charge in [-0.3, -0.25) is 4.79 Å². The third-order valence-electron chi connectivity index (χ3n) is 6.30. The van der Waals surface area contributed by atoms with Crippen molar-refractivity contribution >= 4 is 17.1 Å². The molecule has 1 atom stereocenters. The number of rotatable bonds is 9. The second kappa shape index (κ2) is 9.85. The summed E-state index contributed by atoms with van der Waals surface area (Å²) in [5, 5.41) is 12.8. The summed E-state index contributed by atoms with van der Waals surface area (Å²) in [5.41, 5.74) is 6.34. The summed E-state index contributed by atoms with van der Waals surface area (Å²) in [6, 6.07) is 4.22. The van der Waals surface area contributed by atoms with Crippen LogP contribution in [0.2, 0.25) is 0 Å². The molecule has 2 N–H and O–H groups in total. The summed E-state index contributed by atoms with van der Waals surface area (Å²) in [6.07, 6.45) is 4.00. The minimum absolute atomic E-state index is 0.264. The average Bonchev–Trinajstić information content (AvgIpc) is 3.00. The zero-order chi connectivity index (χ0) is 22.8. The van der Waals surface area contributed by atoms with Crippen molar-refractivity contribution in [2.75, 3.05) is 20.2 Å². The van der Waals surface area contributed by atoms with Gasteiger partial charge >= 0.3 is 0 Å². The van der Waals surface area contributed by atoms with E-state index >= 15 is 0 Å². The van der Waals surface area contributed by atoms with Gasteiger partial charge < -0.3 is 15.2 Å². The van der Waals surface area contributed by atoms with E-state index in [9.17, 15) is 9.90 Å². The molecule has 0 radical (unpaired) electrons. The number of fused-ring (bicyclic) bond motifs is 1. The maximum atomic E-state index is 13.1. The van der Waals surface area contributed by atoms with E-state index in [2.05, 4.69) is 38.2 Å². The number of benzene rings is 1. The maximum Gasteiger partial charge on any atom is 0.173 e. The largest absolute Gasteiger partial charge is 0.490 e. The normalized spacial score (nSPS) is 16.1. The van der Waals surface area contributed by atoms with Crippen molar-refractivity contribution in [3.63, 3.8) is 0 Å². The summed E-state index contributed by atoms with van der Waals surface area (Å²) in [4.78, 5) is 15.4. The van der Waals surface area contributed by atoms with Crippen LogP contribution in [0.1, 0.15) is 69.1 Å². The quantitative estimate of drug-likeness (QED) is 0.538. The van der Waals surface area contributed by atoms with E-state index in [1.165, 1.54) is 16.0 Å². The van der Waals surface area contributed by atoms with Gasteiger partial charge in [-0.25, -0.2) is 0 Å². The molecule has 31 heavy (non-hydrogen) atoms. The smallest absolute Gasteiger partial charge is 0.173 e. The van der Waals surface area contributed by atoms with Crippen LogP contribution in [0.25, 0.3) is 0 Å². The summed E-state index contributed by atoms with van der Waals surface area (Å²) in [6.45, 7) is 11.6. The second-order valence-corrected chi connectivity index (χ2v) is 11.0. The average molecular weight is 444 g/mol. The molecular weight excluding hydrogens is 406 g/mol. The molecule has 1 heterocycles. The minimum Gasteiger partial charge on any atom is -0.490 e. The predicted octanol–water partition coefficient (Wildman–Crippen LogP) is 4.96. The Labute approximate surface area is 191 Å². The van der Waals surface area contributed by atoms with Crippen LogP contribution in [-0.2, 0) is 19.3 Å². The van der Waals surface area contributed by atoms with E-state index in [4.69, 9.17) is 4.74 Å². The Balaban J connectivity index is 1.66. The molecule has 1 aliphatic rings. The minimum atomic E-state index is -0.535. The van der Waals surface area contributed by atoms with Crippen LogP contribution in [-0.4, -0.2) is 37.2 Å². The van der Waals surface area contributed by atoms with Crippen molar-refractivity contribution in [2.45, 2.75) is 72.8 Å². The first-order valence-corrected chi connectivity index (χ1v) is 12.1. The molecule has 0 fully saturated rings. The van der Waals surface area contributed by atoms with Crippen molar-refractivity contribution in [3.05, 3.63) is 49.7 Å². The predicted molar refractivity (Wildman–Crippen MR) is 129 cm³/mol. The SMILES string of the molecule is CNCC(O)COc1c(C)cc(CCC(=O)c2sc(C)c3c2CCC(C)(C)C3)cc1C. The number of aryl methyl sites for hydroxylation is 4. The van der Waals surface area contributed by atoms with E-state index in [-0.39, 0.29) is 12.4 Å². The third kappa shape index (κ3) is 5.76. The van der Waals surface area contributed by atoms with Gasteiger partial charge in [0.25, 0.3) is 0 Å². The number of Topliss-reactive ketones (excluding diaryl/α,β-unsaturated/α-hetero) is 1. The van der Waals surface area contributed by atoms with Crippen molar-refractivity contribution in [3.8, 4) is 5.75 Å². The number of hydrogen-bond donors (Lipinski definition) is 2. The van der Waals surface area contributed by atoms with E-state index in [0.717, 1.165) is 53.0 Å². The molecule has 0 amide bonds. The molecule has 170 valence electrons. The zero-order valence-electron chi connectivity index (χ0n) is 19.9. The lowest BCUT2D eigenvalue weighted by Crippen LogP contribution is -2.29. The van der Waals surface area contributed by atoms with Gasteiger partial charge in [-0.15, -0.1) is 11.3 Å². The van der Waals surface area contributed by atoms with Gasteiger partial charge in [0.2, 0.25) is 0 Å². The van der Waals surface area contributed by atoms with Gasteiger partial charge in [0.1, 0.15) is 18.5 Å². The Kier molecular flexibility index (Phi) is 7.61. The number of hydrogen-bond acceptors (Lipinski definition) is 5. The molecule has 2 aromatic rings. The number of aliphatic hydroxyl groups excluding tert-OH is 1. The van der Waals surface area contributed by atoms with Crippen LogP contribution >= 0.6 is 11.3 Å². The van der Waals surface area contributed by atoms with E-state index in [1.807, 2.05) is 20.9 Å². The second-order valence-electron chi connectivity index (χ2n) is 9.79. The molecule has 1 aromatic carbocycles. The molecule has 1 unspecified atom stereocenters. The van der Waals surface area contributed by atoms with Crippen LogP contribution in [0.4, 0.5) is 0 Å². The van der Waals surface area contributed by atoms with E-state index < -0.39 is 6.10 Å².